The van der Waals surface area contributed by atoms with Crippen LogP contribution < -0.4 is 15.4 Å². The SMILES string of the molecule is N#C/C(=C\c1cc(Br)ccc1OCC(=O)Nc1ccccc1F)C(=O)Nc1ccc(F)cc1. The number of halogens is 3. The molecule has 3 aromatic carbocycles. The van der Waals surface area contributed by atoms with Gasteiger partial charge in [-0.15, -0.1) is 0 Å². The van der Waals surface area contributed by atoms with Crippen LogP contribution in [0, 0.1) is 23.0 Å². The minimum Gasteiger partial charge on any atom is -0.483 e. The third-order valence-corrected chi connectivity index (χ3v) is 4.74. The monoisotopic (exact) mass is 511 g/mol. The fourth-order valence-electron chi connectivity index (χ4n) is 2.69. The van der Waals surface area contributed by atoms with Crippen LogP contribution in [0.5, 0.6) is 5.75 Å². The van der Waals surface area contributed by atoms with E-state index in [2.05, 4.69) is 26.6 Å². The molecular weight excluding hydrogens is 496 g/mol. The van der Waals surface area contributed by atoms with Gasteiger partial charge in [0.05, 0.1) is 5.69 Å². The quantitative estimate of drug-likeness (QED) is 0.333. The predicted molar refractivity (Wildman–Crippen MR) is 123 cm³/mol. The molecule has 2 N–H and O–H groups in total. The van der Waals surface area contributed by atoms with Gasteiger partial charge in [0.15, 0.2) is 6.61 Å². The van der Waals surface area contributed by atoms with E-state index in [4.69, 9.17) is 4.74 Å². The molecule has 0 aromatic heterocycles. The van der Waals surface area contributed by atoms with Crippen LogP contribution in [0.3, 0.4) is 0 Å². The highest BCUT2D eigenvalue weighted by Gasteiger charge is 2.13. The minimum atomic E-state index is -0.702. The molecule has 0 aliphatic carbocycles. The molecule has 0 saturated heterocycles. The van der Waals surface area contributed by atoms with E-state index < -0.39 is 30.1 Å². The molecule has 0 unspecified atom stereocenters. The molecule has 0 fully saturated rings. The number of rotatable bonds is 7. The summed E-state index contributed by atoms with van der Waals surface area (Å²) in [4.78, 5) is 24.6. The Morgan fingerprint density at radius 2 is 1.76 bits per heavy atom. The highest BCUT2D eigenvalue weighted by molar-refractivity contribution is 9.10. The largest absolute Gasteiger partial charge is 0.483 e. The molecule has 3 rings (SSSR count). The van der Waals surface area contributed by atoms with Crippen LogP contribution in [0.25, 0.3) is 6.08 Å². The molecule has 9 heteroatoms. The van der Waals surface area contributed by atoms with Crippen molar-refractivity contribution >= 4 is 45.2 Å². The van der Waals surface area contributed by atoms with Crippen molar-refractivity contribution in [1.82, 2.24) is 0 Å². The molecule has 0 atom stereocenters. The number of ether oxygens (including phenoxy) is 1. The number of nitrogens with zero attached hydrogens (tertiary/aromatic N) is 1. The van der Waals surface area contributed by atoms with Crippen LogP contribution >= 0.6 is 15.9 Å². The summed E-state index contributed by atoms with van der Waals surface area (Å²) in [6.07, 6.45) is 1.30. The van der Waals surface area contributed by atoms with Crippen LogP contribution in [0.4, 0.5) is 20.2 Å². The molecule has 0 bridgehead atoms. The first-order chi connectivity index (χ1) is 15.9. The summed E-state index contributed by atoms with van der Waals surface area (Å²) in [5.41, 5.74) is 0.455. The third kappa shape index (κ3) is 6.72. The predicted octanol–water partition coefficient (Wildman–Crippen LogP) is 5.29. The van der Waals surface area contributed by atoms with E-state index in [0.29, 0.717) is 15.7 Å². The summed E-state index contributed by atoms with van der Waals surface area (Å²) >= 11 is 3.31. The van der Waals surface area contributed by atoms with Gasteiger partial charge in [-0.05, 0) is 60.7 Å². The van der Waals surface area contributed by atoms with Crippen molar-refractivity contribution in [3.05, 3.63) is 94.0 Å². The molecule has 2 amide bonds. The van der Waals surface area contributed by atoms with Crippen molar-refractivity contribution in [3.8, 4) is 11.8 Å². The minimum absolute atomic E-state index is 0.0197. The number of carbonyl (C=O) groups excluding carboxylic acids is 2. The number of nitriles is 1. The normalized spacial score (nSPS) is 10.8. The Labute approximate surface area is 196 Å². The van der Waals surface area contributed by atoms with Crippen LogP contribution in [0.1, 0.15) is 5.56 Å². The number of amides is 2. The van der Waals surface area contributed by atoms with Gasteiger partial charge in [-0.25, -0.2) is 8.78 Å². The van der Waals surface area contributed by atoms with E-state index in [0.717, 1.165) is 0 Å². The number of para-hydroxylation sites is 1. The van der Waals surface area contributed by atoms with Gasteiger partial charge >= 0.3 is 0 Å². The number of carbonyl (C=O) groups is 2. The number of nitrogens with one attached hydrogen (secondary N) is 2. The summed E-state index contributed by atoms with van der Waals surface area (Å²) in [6, 6.07) is 17.4. The van der Waals surface area contributed by atoms with Gasteiger partial charge in [-0.2, -0.15) is 5.26 Å². The molecule has 3 aromatic rings. The molecular formula is C24H16BrF2N3O3. The summed E-state index contributed by atoms with van der Waals surface area (Å²) < 4.78 is 32.9. The average molecular weight is 512 g/mol. The molecule has 0 radical (unpaired) electrons. The fourth-order valence-corrected chi connectivity index (χ4v) is 3.07. The smallest absolute Gasteiger partial charge is 0.266 e. The van der Waals surface area contributed by atoms with E-state index in [1.54, 1.807) is 24.3 Å². The van der Waals surface area contributed by atoms with Crippen molar-refractivity contribution in [1.29, 1.82) is 5.26 Å². The topological polar surface area (TPSA) is 91.2 Å². The van der Waals surface area contributed by atoms with Gasteiger partial charge < -0.3 is 15.4 Å². The first-order valence-corrected chi connectivity index (χ1v) is 10.3. The molecule has 166 valence electrons. The van der Waals surface area contributed by atoms with Crippen molar-refractivity contribution in [3.63, 3.8) is 0 Å². The van der Waals surface area contributed by atoms with Crippen molar-refractivity contribution in [2.75, 3.05) is 17.2 Å². The standard InChI is InChI=1S/C24H16BrF2N3O3/c25-17-5-10-22(33-14-23(31)30-21-4-2-1-3-20(21)27)15(12-17)11-16(13-28)24(32)29-19-8-6-18(26)7-9-19/h1-12H,14H2,(H,29,32)(H,30,31)/b16-11+. The number of hydrogen-bond acceptors (Lipinski definition) is 4. The fraction of sp³-hybridized carbons (Fsp3) is 0.0417. The maximum Gasteiger partial charge on any atom is 0.266 e. The second-order valence-electron chi connectivity index (χ2n) is 6.63. The Balaban J connectivity index is 1.75. The molecule has 0 aliphatic heterocycles. The lowest BCUT2D eigenvalue weighted by Crippen LogP contribution is -2.21. The maximum atomic E-state index is 13.7. The van der Waals surface area contributed by atoms with Crippen LogP contribution in [0.15, 0.2) is 76.8 Å². The zero-order valence-electron chi connectivity index (χ0n) is 16.9. The first kappa shape index (κ1) is 23.6. The lowest BCUT2D eigenvalue weighted by atomic mass is 10.1. The van der Waals surface area contributed by atoms with Gasteiger partial charge in [-0.1, -0.05) is 28.1 Å². The van der Waals surface area contributed by atoms with E-state index in [1.807, 2.05) is 6.07 Å². The van der Waals surface area contributed by atoms with Crippen molar-refractivity contribution in [2.45, 2.75) is 0 Å². The van der Waals surface area contributed by atoms with E-state index >= 15 is 0 Å². The molecule has 0 saturated carbocycles. The Bertz CT molecular complexity index is 1250. The molecule has 0 spiro atoms. The van der Waals surface area contributed by atoms with E-state index in [-0.39, 0.29) is 17.0 Å². The lowest BCUT2D eigenvalue weighted by Gasteiger charge is -2.11. The molecule has 0 aliphatic rings. The van der Waals surface area contributed by atoms with Crippen LogP contribution in [0.2, 0.25) is 0 Å². The van der Waals surface area contributed by atoms with Gasteiger partial charge in [0.1, 0.15) is 29.0 Å². The average Bonchev–Trinajstić information content (AvgIpc) is 2.79. The third-order valence-electron chi connectivity index (χ3n) is 4.25. The van der Waals surface area contributed by atoms with Gasteiger partial charge in [0, 0.05) is 15.7 Å². The van der Waals surface area contributed by atoms with E-state index in [1.165, 1.54) is 48.5 Å². The number of anilines is 2. The zero-order valence-corrected chi connectivity index (χ0v) is 18.5. The van der Waals surface area contributed by atoms with Crippen LogP contribution in [-0.2, 0) is 9.59 Å². The summed E-state index contributed by atoms with van der Waals surface area (Å²) in [5, 5.41) is 14.4. The highest BCUT2D eigenvalue weighted by atomic mass is 79.9. The maximum absolute atomic E-state index is 13.7. The first-order valence-electron chi connectivity index (χ1n) is 9.51. The van der Waals surface area contributed by atoms with Gasteiger partial charge in [0.25, 0.3) is 11.8 Å². The Morgan fingerprint density at radius 1 is 1.03 bits per heavy atom. The molecule has 0 heterocycles. The Hall–Kier alpha value is -4.03. The number of hydrogen-bond donors (Lipinski definition) is 2. The Kier molecular flexibility index (Phi) is 7.89. The molecule has 33 heavy (non-hydrogen) atoms. The zero-order chi connectivity index (χ0) is 23.8. The highest BCUT2D eigenvalue weighted by Crippen LogP contribution is 2.26. The van der Waals surface area contributed by atoms with Crippen molar-refractivity contribution in [2.24, 2.45) is 0 Å². The number of benzene rings is 3. The second kappa shape index (κ2) is 11.0. The lowest BCUT2D eigenvalue weighted by molar-refractivity contribution is -0.118. The summed E-state index contributed by atoms with van der Waals surface area (Å²) in [7, 11) is 0. The van der Waals surface area contributed by atoms with Crippen molar-refractivity contribution < 1.29 is 23.1 Å². The Morgan fingerprint density at radius 3 is 2.45 bits per heavy atom. The van der Waals surface area contributed by atoms with E-state index in [9.17, 15) is 23.6 Å². The molecule has 6 nitrogen and oxygen atoms in total. The second-order valence-corrected chi connectivity index (χ2v) is 7.55. The van der Waals surface area contributed by atoms with Crippen LogP contribution in [-0.4, -0.2) is 18.4 Å². The van der Waals surface area contributed by atoms with Gasteiger partial charge in [0.2, 0.25) is 0 Å². The van der Waals surface area contributed by atoms with Gasteiger partial charge in [-0.3, -0.25) is 9.59 Å². The summed E-state index contributed by atoms with van der Waals surface area (Å²) in [5.74, 6) is -2.10. The summed E-state index contributed by atoms with van der Waals surface area (Å²) in [6.45, 7) is -0.430.